The summed E-state index contributed by atoms with van der Waals surface area (Å²) in [6.07, 6.45) is 2.82. The predicted molar refractivity (Wildman–Crippen MR) is 111 cm³/mol. The highest BCUT2D eigenvalue weighted by Gasteiger charge is 2.15. The van der Waals surface area contributed by atoms with E-state index in [9.17, 15) is 0 Å². The van der Waals surface area contributed by atoms with Crippen LogP contribution >= 0.6 is 7.92 Å². The molecule has 0 aliphatic carbocycles. The molecule has 0 atom stereocenters. The van der Waals surface area contributed by atoms with Gasteiger partial charge in [0.1, 0.15) is 11.4 Å². The summed E-state index contributed by atoms with van der Waals surface area (Å²) in [5.74, 6) is 0.836. The van der Waals surface area contributed by atoms with E-state index in [4.69, 9.17) is 4.74 Å². The maximum absolute atomic E-state index is 5.22. The van der Waals surface area contributed by atoms with Crippen LogP contribution in [0.25, 0.3) is 11.3 Å². The molecule has 134 valence electrons. The molecule has 1 heterocycles. The Hall–Kier alpha value is -2.97. The Morgan fingerprint density at radius 2 is 1.41 bits per heavy atom. The summed E-state index contributed by atoms with van der Waals surface area (Å²) in [7, 11) is 1.12. The van der Waals surface area contributed by atoms with Crippen molar-refractivity contribution in [2.75, 3.05) is 7.11 Å². The van der Waals surface area contributed by atoms with Crippen molar-refractivity contribution in [3.05, 3.63) is 91.1 Å². The van der Waals surface area contributed by atoms with Crippen LogP contribution in [0.4, 0.5) is 0 Å². The van der Waals surface area contributed by atoms with E-state index in [0.29, 0.717) is 0 Å². The van der Waals surface area contributed by atoms with Gasteiger partial charge in [-0.2, -0.15) is 0 Å². The number of hydrogen-bond donors (Lipinski definition) is 0. The molecule has 27 heavy (non-hydrogen) atoms. The molecule has 4 rings (SSSR count). The lowest BCUT2D eigenvalue weighted by atomic mass is 10.2. The largest absolute Gasteiger partial charge is 0.497 e. The van der Waals surface area contributed by atoms with Crippen LogP contribution < -0.4 is 15.3 Å². The van der Waals surface area contributed by atoms with Gasteiger partial charge < -0.3 is 4.74 Å². The first-order valence-electron chi connectivity index (χ1n) is 8.76. The third kappa shape index (κ3) is 4.07. The van der Waals surface area contributed by atoms with Crippen LogP contribution in [-0.2, 0) is 6.29 Å². The van der Waals surface area contributed by atoms with Crippen LogP contribution in [0.5, 0.6) is 5.75 Å². The summed E-state index contributed by atoms with van der Waals surface area (Å²) < 4.78 is 7.17. The number of hydrogen-bond acceptors (Lipinski definition) is 3. The van der Waals surface area contributed by atoms with Crippen molar-refractivity contribution in [1.29, 1.82) is 0 Å². The zero-order valence-electron chi connectivity index (χ0n) is 15.1. The molecule has 0 spiro atoms. The van der Waals surface area contributed by atoms with E-state index >= 15 is 0 Å². The number of methoxy groups -OCH3 is 1. The summed E-state index contributed by atoms with van der Waals surface area (Å²) in [5, 5.41) is 11.4. The SMILES string of the molecule is COc1ccc(-c2cn(CP(c3ccccc3)c3ccccc3)nn2)cc1. The van der Waals surface area contributed by atoms with E-state index in [1.807, 2.05) is 35.1 Å². The normalized spacial score (nSPS) is 10.9. The van der Waals surface area contributed by atoms with Crippen molar-refractivity contribution in [3.63, 3.8) is 0 Å². The fraction of sp³-hybridized carbons (Fsp3) is 0.0909. The van der Waals surface area contributed by atoms with Gasteiger partial charge in [-0.1, -0.05) is 65.9 Å². The molecule has 0 aliphatic heterocycles. The third-order valence-electron chi connectivity index (χ3n) is 4.35. The van der Waals surface area contributed by atoms with Gasteiger partial charge in [0, 0.05) is 5.56 Å². The number of aromatic nitrogens is 3. The number of rotatable bonds is 6. The zero-order valence-corrected chi connectivity index (χ0v) is 16.0. The van der Waals surface area contributed by atoms with Gasteiger partial charge in [0.2, 0.25) is 0 Å². The van der Waals surface area contributed by atoms with Crippen molar-refractivity contribution in [2.24, 2.45) is 0 Å². The van der Waals surface area contributed by atoms with Gasteiger partial charge in [-0.25, -0.2) is 4.68 Å². The maximum Gasteiger partial charge on any atom is 0.118 e. The quantitative estimate of drug-likeness (QED) is 0.479. The van der Waals surface area contributed by atoms with Gasteiger partial charge in [0.25, 0.3) is 0 Å². The number of benzene rings is 3. The van der Waals surface area contributed by atoms with Gasteiger partial charge in [-0.15, -0.1) is 5.10 Å². The summed E-state index contributed by atoms with van der Waals surface area (Å²) in [6, 6.07) is 29.2. The van der Waals surface area contributed by atoms with Gasteiger partial charge in [-0.05, 0) is 42.8 Å². The highest BCUT2D eigenvalue weighted by Crippen LogP contribution is 2.35. The van der Waals surface area contributed by atoms with E-state index in [1.165, 1.54) is 10.6 Å². The van der Waals surface area contributed by atoms with Gasteiger partial charge in [0.15, 0.2) is 0 Å². The van der Waals surface area contributed by atoms with Crippen molar-refractivity contribution in [1.82, 2.24) is 15.0 Å². The van der Waals surface area contributed by atoms with Gasteiger partial charge in [0.05, 0.1) is 19.6 Å². The second-order valence-electron chi connectivity index (χ2n) is 6.11. The molecule has 0 amide bonds. The van der Waals surface area contributed by atoms with Crippen molar-refractivity contribution >= 4 is 18.5 Å². The van der Waals surface area contributed by atoms with E-state index in [2.05, 4.69) is 71.0 Å². The predicted octanol–water partition coefficient (Wildman–Crippen LogP) is 4.04. The Balaban J connectivity index is 1.61. The first-order chi connectivity index (χ1) is 13.3. The fourth-order valence-corrected chi connectivity index (χ4v) is 5.05. The minimum atomic E-state index is -0.550. The van der Waals surface area contributed by atoms with Crippen molar-refractivity contribution < 1.29 is 4.74 Å². The minimum Gasteiger partial charge on any atom is -0.497 e. The Morgan fingerprint density at radius 1 is 0.815 bits per heavy atom. The molecule has 0 fully saturated rings. The third-order valence-corrected chi connectivity index (χ3v) is 6.76. The molecule has 4 aromatic rings. The van der Waals surface area contributed by atoms with E-state index < -0.39 is 7.92 Å². The lowest BCUT2D eigenvalue weighted by Gasteiger charge is -2.18. The van der Waals surface area contributed by atoms with E-state index in [1.54, 1.807) is 7.11 Å². The molecule has 0 radical (unpaired) electrons. The second kappa shape index (κ2) is 8.15. The van der Waals surface area contributed by atoms with Crippen LogP contribution in [0.2, 0.25) is 0 Å². The smallest absolute Gasteiger partial charge is 0.118 e. The summed E-state index contributed by atoms with van der Waals surface area (Å²) in [4.78, 5) is 0. The Labute approximate surface area is 160 Å². The molecule has 1 aromatic heterocycles. The fourth-order valence-electron chi connectivity index (χ4n) is 2.93. The van der Waals surface area contributed by atoms with Crippen LogP contribution in [-0.4, -0.2) is 22.1 Å². The van der Waals surface area contributed by atoms with Crippen LogP contribution in [0, 0.1) is 0 Å². The Bertz CT molecular complexity index is 946. The lowest BCUT2D eigenvalue weighted by molar-refractivity contribution is 0.415. The Kier molecular flexibility index (Phi) is 5.27. The summed E-state index contributed by atoms with van der Waals surface area (Å²) in [6.45, 7) is 0. The Morgan fingerprint density at radius 3 is 1.96 bits per heavy atom. The molecule has 0 aliphatic rings. The number of nitrogens with zero attached hydrogens (tertiary/aromatic N) is 3. The van der Waals surface area contributed by atoms with E-state index in [0.717, 1.165) is 23.3 Å². The molecule has 0 bridgehead atoms. The molecular weight excluding hydrogens is 353 g/mol. The second-order valence-corrected chi connectivity index (χ2v) is 8.28. The maximum atomic E-state index is 5.22. The lowest BCUT2D eigenvalue weighted by Crippen LogP contribution is -2.15. The average molecular weight is 373 g/mol. The minimum absolute atomic E-state index is 0.550. The highest BCUT2D eigenvalue weighted by atomic mass is 31.1. The highest BCUT2D eigenvalue weighted by molar-refractivity contribution is 7.72. The number of ether oxygens (including phenoxy) is 1. The molecule has 0 unspecified atom stereocenters. The molecule has 4 nitrogen and oxygen atoms in total. The molecule has 5 heteroatoms. The molecular formula is C22H20N3OP. The van der Waals surface area contributed by atoms with Gasteiger partial charge in [-0.3, -0.25) is 0 Å². The van der Waals surface area contributed by atoms with Crippen molar-refractivity contribution in [3.8, 4) is 17.0 Å². The summed E-state index contributed by atoms with van der Waals surface area (Å²) >= 11 is 0. The molecule has 0 saturated heterocycles. The van der Waals surface area contributed by atoms with Crippen LogP contribution in [0.15, 0.2) is 91.1 Å². The molecule has 3 aromatic carbocycles. The first-order valence-corrected chi connectivity index (χ1v) is 10.3. The summed E-state index contributed by atoms with van der Waals surface area (Å²) in [5.41, 5.74) is 1.90. The van der Waals surface area contributed by atoms with Crippen LogP contribution in [0.3, 0.4) is 0 Å². The average Bonchev–Trinajstić information content (AvgIpc) is 3.22. The monoisotopic (exact) mass is 373 g/mol. The van der Waals surface area contributed by atoms with E-state index in [-0.39, 0.29) is 0 Å². The molecule has 0 N–H and O–H groups in total. The standard InChI is InChI=1S/C22H20N3OP/c1-26-19-14-12-18(13-15-19)22-16-25(24-23-22)17-27(20-8-4-2-5-9-20)21-10-6-3-7-11-21/h2-16H,17H2,1H3. The molecule has 0 saturated carbocycles. The van der Waals surface area contributed by atoms with Crippen molar-refractivity contribution in [2.45, 2.75) is 6.29 Å². The topological polar surface area (TPSA) is 39.9 Å². The van der Waals surface area contributed by atoms with Gasteiger partial charge >= 0.3 is 0 Å². The first kappa shape index (κ1) is 17.4. The van der Waals surface area contributed by atoms with Crippen LogP contribution in [0.1, 0.15) is 0 Å². The zero-order chi connectivity index (χ0) is 18.5.